The maximum atomic E-state index is 14.1. The van der Waals surface area contributed by atoms with Crippen molar-refractivity contribution < 1.29 is 19.0 Å². The van der Waals surface area contributed by atoms with Gasteiger partial charge in [-0.15, -0.1) is 0 Å². The van der Waals surface area contributed by atoms with Crippen molar-refractivity contribution in [2.45, 2.75) is 12.5 Å². The number of aromatic carboxylic acids is 1. The molecule has 0 aliphatic carbocycles. The fourth-order valence-electron chi connectivity index (χ4n) is 2.68. The first kappa shape index (κ1) is 16.9. The van der Waals surface area contributed by atoms with Crippen molar-refractivity contribution in [1.82, 2.24) is 4.98 Å². The lowest BCUT2D eigenvalue weighted by molar-refractivity contribution is 0.0693. The summed E-state index contributed by atoms with van der Waals surface area (Å²) < 4.78 is 19.7. The van der Waals surface area contributed by atoms with Gasteiger partial charge < -0.3 is 15.6 Å². The van der Waals surface area contributed by atoms with E-state index in [9.17, 15) is 14.3 Å². The van der Waals surface area contributed by atoms with Gasteiger partial charge in [0.15, 0.2) is 5.75 Å². The van der Waals surface area contributed by atoms with Crippen molar-refractivity contribution in [3.8, 4) is 5.75 Å². The topological polar surface area (TPSA) is 85.4 Å². The smallest absolute Gasteiger partial charge is 0.340 e. The van der Waals surface area contributed by atoms with Crippen LogP contribution in [0.4, 0.5) is 4.39 Å². The Morgan fingerprint density at radius 3 is 2.68 bits per heavy atom. The van der Waals surface area contributed by atoms with Gasteiger partial charge in [-0.05, 0) is 24.1 Å². The van der Waals surface area contributed by atoms with E-state index in [4.69, 9.17) is 10.5 Å². The first-order valence-corrected chi connectivity index (χ1v) is 7.79. The summed E-state index contributed by atoms with van der Waals surface area (Å²) in [7, 11) is 0. The van der Waals surface area contributed by atoms with Crippen LogP contribution in [0.2, 0.25) is 0 Å². The molecule has 1 heterocycles. The first-order valence-electron chi connectivity index (χ1n) is 7.79. The standard InChI is InChI=1S/C19H17FN2O3/c20-14-7-4-8-15-17(14)18(19(23)24)16(10-22-15)25-11-13(21)9-12-5-2-1-3-6-12/h1-8,10,13H,9,11,21H2,(H,23,24)/t13-/m1/s1. The third-order valence-corrected chi connectivity index (χ3v) is 3.82. The second-order valence-corrected chi connectivity index (χ2v) is 5.70. The predicted octanol–water partition coefficient (Wildman–Crippen LogP) is 3.02. The Labute approximate surface area is 143 Å². The molecule has 3 rings (SSSR count). The van der Waals surface area contributed by atoms with Crippen LogP contribution in [0.25, 0.3) is 10.9 Å². The number of hydrogen-bond donors (Lipinski definition) is 2. The number of benzene rings is 2. The van der Waals surface area contributed by atoms with Crippen LogP contribution in [0.5, 0.6) is 5.75 Å². The molecule has 3 N–H and O–H groups in total. The number of rotatable bonds is 6. The Morgan fingerprint density at radius 1 is 1.20 bits per heavy atom. The highest BCUT2D eigenvalue weighted by atomic mass is 19.1. The molecule has 0 fully saturated rings. The Balaban J connectivity index is 1.82. The van der Waals surface area contributed by atoms with Gasteiger partial charge in [-0.3, -0.25) is 4.98 Å². The van der Waals surface area contributed by atoms with Crippen LogP contribution < -0.4 is 10.5 Å². The lowest BCUT2D eigenvalue weighted by Gasteiger charge is -2.15. The maximum absolute atomic E-state index is 14.1. The average molecular weight is 340 g/mol. The molecule has 0 saturated heterocycles. The zero-order valence-electron chi connectivity index (χ0n) is 13.4. The molecule has 1 aromatic heterocycles. The van der Waals surface area contributed by atoms with E-state index in [2.05, 4.69) is 4.98 Å². The molecule has 0 aliphatic heterocycles. The quantitative estimate of drug-likeness (QED) is 0.720. The summed E-state index contributed by atoms with van der Waals surface area (Å²) >= 11 is 0. The summed E-state index contributed by atoms with van der Waals surface area (Å²) in [6.45, 7) is 0.0941. The molecule has 6 heteroatoms. The zero-order chi connectivity index (χ0) is 17.8. The molecule has 128 valence electrons. The third-order valence-electron chi connectivity index (χ3n) is 3.82. The minimum absolute atomic E-state index is 0.00797. The number of carboxylic acids is 1. The fourth-order valence-corrected chi connectivity index (χ4v) is 2.68. The van der Waals surface area contributed by atoms with Crippen molar-refractivity contribution in [2.24, 2.45) is 5.73 Å². The van der Waals surface area contributed by atoms with Crippen molar-refractivity contribution in [3.05, 3.63) is 71.7 Å². The number of nitrogens with zero attached hydrogens (tertiary/aromatic N) is 1. The molecular formula is C19H17FN2O3. The molecule has 5 nitrogen and oxygen atoms in total. The molecule has 0 aliphatic rings. The van der Waals surface area contributed by atoms with Crippen LogP contribution in [-0.2, 0) is 6.42 Å². The van der Waals surface area contributed by atoms with Gasteiger partial charge in [-0.1, -0.05) is 36.4 Å². The van der Waals surface area contributed by atoms with E-state index in [0.717, 1.165) is 5.56 Å². The number of nitrogens with two attached hydrogens (primary N) is 1. The normalized spacial score (nSPS) is 12.1. The lowest BCUT2D eigenvalue weighted by Crippen LogP contribution is -2.30. The Bertz CT molecular complexity index is 900. The van der Waals surface area contributed by atoms with Gasteiger partial charge in [0.25, 0.3) is 0 Å². The number of halogens is 1. The number of fused-ring (bicyclic) bond motifs is 1. The van der Waals surface area contributed by atoms with Crippen LogP contribution in [0.1, 0.15) is 15.9 Å². The molecule has 0 amide bonds. The monoisotopic (exact) mass is 340 g/mol. The third kappa shape index (κ3) is 3.75. The van der Waals surface area contributed by atoms with Crippen LogP contribution in [0.15, 0.2) is 54.7 Å². The fraction of sp³-hybridized carbons (Fsp3) is 0.158. The summed E-state index contributed by atoms with van der Waals surface area (Å²) in [5.41, 5.74) is 7.13. The van der Waals surface area contributed by atoms with Crippen molar-refractivity contribution in [3.63, 3.8) is 0 Å². The number of carbonyl (C=O) groups is 1. The van der Waals surface area contributed by atoms with Gasteiger partial charge in [0.2, 0.25) is 0 Å². The Morgan fingerprint density at radius 2 is 1.96 bits per heavy atom. The molecule has 0 unspecified atom stereocenters. The molecule has 0 spiro atoms. The highest BCUT2D eigenvalue weighted by molar-refractivity contribution is 6.05. The highest BCUT2D eigenvalue weighted by Crippen LogP contribution is 2.28. The number of aromatic nitrogens is 1. The van der Waals surface area contributed by atoms with Gasteiger partial charge in [-0.25, -0.2) is 9.18 Å². The van der Waals surface area contributed by atoms with Crippen molar-refractivity contribution in [2.75, 3.05) is 6.61 Å². The summed E-state index contributed by atoms with van der Waals surface area (Å²) in [4.78, 5) is 15.7. The Hall–Kier alpha value is -2.99. The van der Waals surface area contributed by atoms with E-state index in [1.165, 1.54) is 18.3 Å². The second kappa shape index (κ2) is 7.27. The van der Waals surface area contributed by atoms with Crippen molar-refractivity contribution >= 4 is 16.9 Å². The van der Waals surface area contributed by atoms with Gasteiger partial charge in [0.05, 0.1) is 17.1 Å². The SMILES string of the molecule is N[C@@H](COc1cnc2cccc(F)c2c1C(=O)O)Cc1ccccc1. The van der Waals surface area contributed by atoms with Gasteiger partial charge in [0.1, 0.15) is 18.0 Å². The second-order valence-electron chi connectivity index (χ2n) is 5.70. The highest BCUT2D eigenvalue weighted by Gasteiger charge is 2.20. The number of hydrogen-bond acceptors (Lipinski definition) is 4. The zero-order valence-corrected chi connectivity index (χ0v) is 13.4. The number of pyridine rings is 1. The van der Waals surface area contributed by atoms with E-state index < -0.39 is 11.8 Å². The van der Waals surface area contributed by atoms with E-state index in [1.54, 1.807) is 6.07 Å². The molecule has 0 radical (unpaired) electrons. The first-order chi connectivity index (χ1) is 12.1. The van der Waals surface area contributed by atoms with Crippen LogP contribution in [0, 0.1) is 5.82 Å². The molecule has 3 aromatic rings. The minimum Gasteiger partial charge on any atom is -0.489 e. The number of ether oxygens (including phenoxy) is 1. The minimum atomic E-state index is -1.27. The van der Waals surface area contributed by atoms with E-state index in [0.29, 0.717) is 6.42 Å². The van der Waals surface area contributed by atoms with E-state index in [1.807, 2.05) is 30.3 Å². The van der Waals surface area contributed by atoms with Crippen LogP contribution in [-0.4, -0.2) is 28.7 Å². The maximum Gasteiger partial charge on any atom is 0.340 e. The predicted molar refractivity (Wildman–Crippen MR) is 92.3 cm³/mol. The largest absolute Gasteiger partial charge is 0.489 e. The van der Waals surface area contributed by atoms with E-state index >= 15 is 0 Å². The molecule has 0 bridgehead atoms. The van der Waals surface area contributed by atoms with Crippen molar-refractivity contribution in [1.29, 1.82) is 0 Å². The number of carboxylic acid groups (broad SMARTS) is 1. The molecular weight excluding hydrogens is 323 g/mol. The molecule has 0 saturated carbocycles. The summed E-state index contributed by atoms with van der Waals surface area (Å²) in [5.74, 6) is -1.92. The van der Waals surface area contributed by atoms with Gasteiger partial charge in [0, 0.05) is 6.04 Å². The van der Waals surface area contributed by atoms with Gasteiger partial charge >= 0.3 is 5.97 Å². The molecule has 25 heavy (non-hydrogen) atoms. The van der Waals surface area contributed by atoms with Crippen LogP contribution in [0.3, 0.4) is 0 Å². The molecule has 2 aromatic carbocycles. The van der Waals surface area contributed by atoms with E-state index in [-0.39, 0.29) is 34.9 Å². The summed E-state index contributed by atoms with van der Waals surface area (Å²) in [6, 6.07) is 13.6. The van der Waals surface area contributed by atoms with Gasteiger partial charge in [-0.2, -0.15) is 0 Å². The summed E-state index contributed by atoms with van der Waals surface area (Å²) in [6.07, 6.45) is 1.87. The van der Waals surface area contributed by atoms with Crippen LogP contribution >= 0.6 is 0 Å². The summed E-state index contributed by atoms with van der Waals surface area (Å²) in [5, 5.41) is 9.42. The Kier molecular flexibility index (Phi) is 4.90. The lowest BCUT2D eigenvalue weighted by atomic mass is 10.1. The average Bonchev–Trinajstić information content (AvgIpc) is 2.60. The molecule has 1 atom stereocenters.